The molecule has 0 amide bonds. The van der Waals surface area contributed by atoms with E-state index in [-0.39, 0.29) is 30.5 Å². The van der Waals surface area contributed by atoms with Crippen LogP contribution in [0.4, 0.5) is 23.4 Å². The van der Waals surface area contributed by atoms with Crippen LogP contribution in [0.1, 0.15) is 29.4 Å². The first-order valence-electron chi connectivity index (χ1n) is 15.5. The fourth-order valence-electron chi connectivity index (χ4n) is 6.74. The standard InChI is InChI=1S/C35H26F4N8O3/c36-23-7-4-18(11-25(23)38)5-9-28-42-33(29-34(43-28)46(17-41-29)30-22-13-35(22,16-48)32(50)31(30)49)40-14-19-2-1-3-21(10-19)47-15-27(44-45-47)20-6-8-24(37)26(39)12-20/h1-4,6-8,10-12,15,17,22,30-32,48-50H,13-14,16H2,(H,40,42,43)/t22-,30-,31+,32+,35+/m1/s1. The van der Waals surface area contributed by atoms with E-state index in [4.69, 9.17) is 0 Å². The van der Waals surface area contributed by atoms with Crippen molar-refractivity contribution in [1.29, 1.82) is 0 Å². The first kappa shape index (κ1) is 31.6. The van der Waals surface area contributed by atoms with E-state index in [1.807, 2.05) is 18.2 Å². The summed E-state index contributed by atoms with van der Waals surface area (Å²) in [4.78, 5) is 13.7. The van der Waals surface area contributed by atoms with Crippen molar-refractivity contribution in [3.05, 3.63) is 113 Å². The maximum Gasteiger partial charge on any atom is 0.209 e. The third kappa shape index (κ3) is 5.34. The summed E-state index contributed by atoms with van der Waals surface area (Å²) >= 11 is 0. The van der Waals surface area contributed by atoms with E-state index >= 15 is 0 Å². The molecule has 2 aliphatic carbocycles. The Balaban J connectivity index is 1.11. The molecule has 2 aliphatic rings. The molecule has 3 aromatic heterocycles. The zero-order valence-corrected chi connectivity index (χ0v) is 25.8. The molecule has 0 unspecified atom stereocenters. The van der Waals surface area contributed by atoms with E-state index in [9.17, 15) is 32.9 Å². The molecular formula is C35H26F4N8O3. The SMILES string of the molecule is OC[C@@]12C[C@@H]1[C@@H](n1cnc3c(NCc4cccc(-n5cc(-c6ccc(F)c(F)c6)nn5)c4)nc(C#Cc4ccc(F)c(F)c4)nc31)[C@H](O)[C@@H]2O. The number of aromatic nitrogens is 7. The molecule has 0 saturated heterocycles. The average Bonchev–Trinajstić information content (AvgIpc) is 3.36. The van der Waals surface area contributed by atoms with Gasteiger partial charge in [0.2, 0.25) is 5.82 Å². The Hall–Kier alpha value is -5.69. The first-order chi connectivity index (χ1) is 24.1. The van der Waals surface area contributed by atoms with Crippen molar-refractivity contribution in [2.45, 2.75) is 31.2 Å². The fourth-order valence-corrected chi connectivity index (χ4v) is 6.74. The molecule has 4 N–H and O–H groups in total. The van der Waals surface area contributed by atoms with Crippen molar-refractivity contribution in [2.75, 3.05) is 11.9 Å². The minimum atomic E-state index is -1.18. The molecule has 252 valence electrons. The fraction of sp³-hybridized carbons (Fsp3) is 0.229. The van der Waals surface area contributed by atoms with Crippen LogP contribution in [0.2, 0.25) is 0 Å². The largest absolute Gasteiger partial charge is 0.396 e. The summed E-state index contributed by atoms with van der Waals surface area (Å²) < 4.78 is 57.7. The quantitative estimate of drug-likeness (QED) is 0.145. The van der Waals surface area contributed by atoms with Crippen molar-refractivity contribution < 1.29 is 32.9 Å². The third-order valence-corrected chi connectivity index (χ3v) is 9.47. The topological polar surface area (TPSA) is 147 Å². The normalized spacial score (nSPS) is 22.3. The Morgan fingerprint density at radius 3 is 2.48 bits per heavy atom. The highest BCUT2D eigenvalue weighted by Crippen LogP contribution is 2.67. The van der Waals surface area contributed by atoms with Crippen molar-refractivity contribution >= 4 is 17.0 Å². The van der Waals surface area contributed by atoms with Crippen molar-refractivity contribution in [1.82, 2.24) is 34.5 Å². The molecule has 6 aromatic rings. The molecule has 0 radical (unpaired) electrons. The minimum Gasteiger partial charge on any atom is -0.396 e. The van der Waals surface area contributed by atoms with Crippen molar-refractivity contribution in [2.24, 2.45) is 11.3 Å². The van der Waals surface area contributed by atoms with Crippen LogP contribution in [0.25, 0.3) is 28.1 Å². The Morgan fingerprint density at radius 2 is 1.72 bits per heavy atom. The second kappa shape index (κ2) is 12.0. The zero-order chi connectivity index (χ0) is 34.7. The smallest absolute Gasteiger partial charge is 0.209 e. The number of nitrogens with one attached hydrogen (secondary N) is 1. The highest BCUT2D eigenvalue weighted by atomic mass is 19.2. The first-order valence-corrected chi connectivity index (χ1v) is 15.5. The summed E-state index contributed by atoms with van der Waals surface area (Å²) in [6.07, 6.45) is 1.31. The Morgan fingerprint density at radius 1 is 0.920 bits per heavy atom. The highest BCUT2D eigenvalue weighted by Gasteiger charge is 2.71. The second-order valence-corrected chi connectivity index (χ2v) is 12.4. The Bertz CT molecular complexity index is 2350. The summed E-state index contributed by atoms with van der Waals surface area (Å²) in [5, 5.41) is 43.2. The zero-order valence-electron chi connectivity index (χ0n) is 25.8. The van der Waals surface area contributed by atoms with Gasteiger partial charge in [-0.3, -0.25) is 0 Å². The number of hydrogen-bond donors (Lipinski definition) is 4. The van der Waals surface area contributed by atoms with E-state index in [1.165, 1.54) is 23.1 Å². The van der Waals surface area contributed by atoms with Gasteiger partial charge in [-0.1, -0.05) is 23.3 Å². The second-order valence-electron chi connectivity index (χ2n) is 12.4. The van der Waals surface area contributed by atoms with Crippen LogP contribution in [0, 0.1) is 46.4 Å². The molecule has 11 nitrogen and oxygen atoms in total. The number of aliphatic hydroxyl groups excluding tert-OH is 3. The van der Waals surface area contributed by atoms with Crippen LogP contribution >= 0.6 is 0 Å². The van der Waals surface area contributed by atoms with Crippen LogP contribution in [-0.2, 0) is 6.54 Å². The number of rotatable bonds is 7. The van der Waals surface area contributed by atoms with Gasteiger partial charge in [-0.05, 0) is 72.4 Å². The number of aliphatic hydroxyl groups is 3. The number of fused-ring (bicyclic) bond motifs is 2. The predicted octanol–water partition coefficient (Wildman–Crippen LogP) is 3.92. The van der Waals surface area contributed by atoms with Gasteiger partial charge in [-0.15, -0.1) is 5.10 Å². The van der Waals surface area contributed by atoms with Gasteiger partial charge in [0.15, 0.2) is 40.3 Å². The van der Waals surface area contributed by atoms with E-state index in [1.54, 1.807) is 16.8 Å². The van der Waals surface area contributed by atoms with E-state index in [0.29, 0.717) is 40.3 Å². The Kier molecular flexibility index (Phi) is 7.59. The van der Waals surface area contributed by atoms with Gasteiger partial charge < -0.3 is 25.2 Å². The van der Waals surface area contributed by atoms with Gasteiger partial charge in [-0.2, -0.15) is 0 Å². The lowest BCUT2D eigenvalue weighted by atomic mass is 10.0. The number of benzene rings is 3. The lowest BCUT2D eigenvalue weighted by Gasteiger charge is -2.23. The molecule has 50 heavy (non-hydrogen) atoms. The lowest BCUT2D eigenvalue weighted by Crippen LogP contribution is -2.35. The molecule has 2 saturated carbocycles. The van der Waals surface area contributed by atoms with Gasteiger partial charge in [0.25, 0.3) is 0 Å². The molecule has 0 bridgehead atoms. The molecule has 15 heteroatoms. The number of anilines is 1. The molecule has 0 spiro atoms. The number of nitrogens with zero attached hydrogens (tertiary/aromatic N) is 7. The predicted molar refractivity (Wildman–Crippen MR) is 170 cm³/mol. The van der Waals surface area contributed by atoms with Gasteiger partial charge in [-0.25, -0.2) is 37.2 Å². The highest BCUT2D eigenvalue weighted by molar-refractivity contribution is 5.83. The number of hydrogen-bond acceptors (Lipinski definition) is 9. The molecule has 0 aliphatic heterocycles. The van der Waals surface area contributed by atoms with Crippen LogP contribution < -0.4 is 5.32 Å². The molecule has 8 rings (SSSR count). The molecule has 3 aromatic carbocycles. The maximum atomic E-state index is 13.8. The van der Waals surface area contributed by atoms with Crippen LogP contribution in [-0.4, -0.2) is 68.6 Å². The van der Waals surface area contributed by atoms with Gasteiger partial charge in [0.05, 0.1) is 37.0 Å². The van der Waals surface area contributed by atoms with Crippen LogP contribution in [0.3, 0.4) is 0 Å². The summed E-state index contributed by atoms with van der Waals surface area (Å²) in [5.41, 5.74) is 2.24. The molecule has 3 heterocycles. The lowest BCUT2D eigenvalue weighted by molar-refractivity contribution is -0.0300. The molecular weight excluding hydrogens is 656 g/mol. The summed E-state index contributed by atoms with van der Waals surface area (Å²) in [5.74, 6) is 1.67. The van der Waals surface area contributed by atoms with Crippen LogP contribution in [0.15, 0.2) is 73.2 Å². The maximum absolute atomic E-state index is 13.8. The minimum absolute atomic E-state index is 0.0323. The van der Waals surface area contributed by atoms with Crippen molar-refractivity contribution in [3.63, 3.8) is 0 Å². The molecule has 5 atom stereocenters. The van der Waals surface area contributed by atoms with Crippen molar-refractivity contribution in [3.8, 4) is 28.8 Å². The summed E-state index contributed by atoms with van der Waals surface area (Å²) in [7, 11) is 0. The summed E-state index contributed by atoms with van der Waals surface area (Å²) in [6.45, 7) is -0.0277. The average molecular weight is 683 g/mol. The van der Waals surface area contributed by atoms with Gasteiger partial charge in [0.1, 0.15) is 11.8 Å². The van der Waals surface area contributed by atoms with Gasteiger partial charge in [0, 0.05) is 23.1 Å². The van der Waals surface area contributed by atoms with Crippen LogP contribution in [0.5, 0.6) is 0 Å². The Labute approximate surface area is 280 Å². The monoisotopic (exact) mass is 682 g/mol. The number of halogens is 4. The third-order valence-electron chi connectivity index (χ3n) is 9.47. The summed E-state index contributed by atoms with van der Waals surface area (Å²) in [6, 6.07) is 13.4. The number of imidazole rings is 1. The molecule has 2 fully saturated rings. The van der Waals surface area contributed by atoms with Gasteiger partial charge >= 0.3 is 0 Å². The van der Waals surface area contributed by atoms with E-state index < -0.39 is 46.9 Å². The van der Waals surface area contributed by atoms with E-state index in [2.05, 4.69) is 42.4 Å². The van der Waals surface area contributed by atoms with E-state index in [0.717, 1.165) is 29.8 Å².